The third kappa shape index (κ3) is 3.76. The fraction of sp³-hybridized carbons (Fsp3) is 1.00. The molecular formula is C13H28N2. The molecule has 0 bridgehead atoms. The van der Waals surface area contributed by atoms with Gasteiger partial charge in [-0.25, -0.2) is 0 Å². The van der Waals surface area contributed by atoms with Crippen molar-refractivity contribution in [2.45, 2.75) is 59.0 Å². The zero-order valence-corrected chi connectivity index (χ0v) is 10.9. The quantitative estimate of drug-likeness (QED) is 0.753. The predicted molar refractivity (Wildman–Crippen MR) is 67.2 cm³/mol. The minimum atomic E-state index is 0.669. The Morgan fingerprint density at radius 3 is 2.73 bits per heavy atom. The van der Waals surface area contributed by atoms with Gasteiger partial charge in [0.1, 0.15) is 0 Å². The molecule has 0 saturated carbocycles. The molecule has 1 N–H and O–H groups in total. The Hall–Kier alpha value is -0.0800. The van der Waals surface area contributed by atoms with E-state index in [2.05, 4.69) is 37.9 Å². The van der Waals surface area contributed by atoms with Gasteiger partial charge in [0, 0.05) is 25.2 Å². The van der Waals surface area contributed by atoms with Crippen LogP contribution in [0.1, 0.15) is 47.0 Å². The van der Waals surface area contributed by atoms with Crippen molar-refractivity contribution >= 4 is 0 Å². The first-order valence-corrected chi connectivity index (χ1v) is 6.66. The van der Waals surface area contributed by atoms with Crippen LogP contribution < -0.4 is 5.32 Å². The molecule has 1 fully saturated rings. The summed E-state index contributed by atoms with van der Waals surface area (Å²) in [4.78, 5) is 2.71. The van der Waals surface area contributed by atoms with Crippen LogP contribution in [0.2, 0.25) is 0 Å². The number of rotatable bonds is 5. The highest BCUT2D eigenvalue weighted by molar-refractivity contribution is 4.86. The van der Waals surface area contributed by atoms with Gasteiger partial charge >= 0.3 is 0 Å². The van der Waals surface area contributed by atoms with Gasteiger partial charge in [0.25, 0.3) is 0 Å². The van der Waals surface area contributed by atoms with Crippen LogP contribution in [0, 0.1) is 5.92 Å². The number of piperazine rings is 1. The Labute approximate surface area is 95.4 Å². The Bertz CT molecular complexity index is 170. The molecule has 0 aromatic heterocycles. The van der Waals surface area contributed by atoms with Crippen molar-refractivity contribution in [3.05, 3.63) is 0 Å². The van der Waals surface area contributed by atoms with Gasteiger partial charge < -0.3 is 5.32 Å². The average Bonchev–Trinajstić information content (AvgIpc) is 2.25. The molecule has 0 amide bonds. The van der Waals surface area contributed by atoms with E-state index < -0.39 is 0 Å². The van der Waals surface area contributed by atoms with Gasteiger partial charge in [0.15, 0.2) is 0 Å². The topological polar surface area (TPSA) is 15.3 Å². The number of hydrogen-bond donors (Lipinski definition) is 1. The van der Waals surface area contributed by atoms with E-state index in [1.54, 1.807) is 0 Å². The smallest absolute Gasteiger partial charge is 0.0246 e. The molecular weight excluding hydrogens is 184 g/mol. The molecule has 0 aliphatic carbocycles. The molecule has 0 spiro atoms. The minimum Gasteiger partial charge on any atom is -0.311 e. The third-order valence-electron chi connectivity index (χ3n) is 3.75. The van der Waals surface area contributed by atoms with Crippen molar-refractivity contribution in [1.82, 2.24) is 10.2 Å². The average molecular weight is 212 g/mol. The normalized spacial score (nSPS) is 30.4. The molecule has 0 aromatic carbocycles. The second-order valence-electron chi connectivity index (χ2n) is 5.11. The van der Waals surface area contributed by atoms with Crippen molar-refractivity contribution in [2.24, 2.45) is 5.92 Å². The lowest BCUT2D eigenvalue weighted by Gasteiger charge is -2.42. The van der Waals surface area contributed by atoms with Crippen LogP contribution in [0.5, 0.6) is 0 Å². The van der Waals surface area contributed by atoms with Crippen LogP contribution in [-0.2, 0) is 0 Å². The highest BCUT2D eigenvalue weighted by Crippen LogP contribution is 2.18. The van der Waals surface area contributed by atoms with Crippen LogP contribution in [0.15, 0.2) is 0 Å². The SMILES string of the molecule is CCCCN1CC(C)NCC1C(C)CC. The predicted octanol–water partition coefficient (Wildman–Crippen LogP) is 2.49. The fourth-order valence-corrected chi connectivity index (χ4v) is 2.45. The van der Waals surface area contributed by atoms with Gasteiger partial charge in [-0.05, 0) is 25.8 Å². The summed E-state index contributed by atoms with van der Waals surface area (Å²) < 4.78 is 0. The van der Waals surface area contributed by atoms with Crippen LogP contribution in [0.4, 0.5) is 0 Å². The minimum absolute atomic E-state index is 0.669. The maximum absolute atomic E-state index is 3.61. The number of hydrogen-bond acceptors (Lipinski definition) is 2. The van der Waals surface area contributed by atoms with E-state index in [4.69, 9.17) is 0 Å². The molecule has 1 aliphatic rings. The summed E-state index contributed by atoms with van der Waals surface area (Å²) in [6.07, 6.45) is 3.95. The van der Waals surface area contributed by atoms with Crippen molar-refractivity contribution < 1.29 is 0 Å². The first kappa shape index (κ1) is 13.0. The van der Waals surface area contributed by atoms with Gasteiger partial charge in [-0.3, -0.25) is 4.90 Å². The highest BCUT2D eigenvalue weighted by Gasteiger charge is 2.28. The number of nitrogens with one attached hydrogen (secondary N) is 1. The molecule has 1 rings (SSSR count). The lowest BCUT2D eigenvalue weighted by molar-refractivity contribution is 0.0943. The lowest BCUT2D eigenvalue weighted by atomic mass is 9.94. The van der Waals surface area contributed by atoms with Crippen LogP contribution in [0.3, 0.4) is 0 Å². The van der Waals surface area contributed by atoms with E-state index >= 15 is 0 Å². The summed E-state index contributed by atoms with van der Waals surface area (Å²) in [6, 6.07) is 1.43. The van der Waals surface area contributed by atoms with Crippen LogP contribution >= 0.6 is 0 Å². The largest absolute Gasteiger partial charge is 0.311 e. The Balaban J connectivity index is 2.49. The van der Waals surface area contributed by atoms with E-state index in [9.17, 15) is 0 Å². The van der Waals surface area contributed by atoms with E-state index in [0.717, 1.165) is 12.0 Å². The number of nitrogens with zero attached hydrogens (tertiary/aromatic N) is 1. The zero-order chi connectivity index (χ0) is 11.3. The van der Waals surface area contributed by atoms with E-state index in [1.165, 1.54) is 38.9 Å². The molecule has 0 radical (unpaired) electrons. The van der Waals surface area contributed by atoms with Crippen molar-refractivity contribution in [2.75, 3.05) is 19.6 Å². The fourth-order valence-electron chi connectivity index (χ4n) is 2.45. The number of unbranched alkanes of at least 4 members (excludes halogenated alkanes) is 1. The molecule has 0 aromatic rings. The van der Waals surface area contributed by atoms with Gasteiger partial charge in [-0.2, -0.15) is 0 Å². The zero-order valence-electron chi connectivity index (χ0n) is 10.9. The third-order valence-corrected chi connectivity index (χ3v) is 3.75. The lowest BCUT2D eigenvalue weighted by Crippen LogP contribution is -2.57. The van der Waals surface area contributed by atoms with E-state index in [1.807, 2.05) is 0 Å². The van der Waals surface area contributed by atoms with Crippen LogP contribution in [-0.4, -0.2) is 36.6 Å². The first-order chi connectivity index (χ1) is 7.19. The van der Waals surface area contributed by atoms with E-state index in [0.29, 0.717) is 6.04 Å². The summed E-state index contributed by atoms with van der Waals surface area (Å²) in [7, 11) is 0. The van der Waals surface area contributed by atoms with E-state index in [-0.39, 0.29) is 0 Å². The Morgan fingerprint density at radius 2 is 2.13 bits per heavy atom. The maximum atomic E-state index is 3.61. The molecule has 15 heavy (non-hydrogen) atoms. The second kappa shape index (κ2) is 6.49. The standard InChI is InChI=1S/C13H28N2/c1-5-7-8-15-10-12(4)14-9-13(15)11(3)6-2/h11-14H,5-10H2,1-4H3. The van der Waals surface area contributed by atoms with Gasteiger partial charge in [0.05, 0.1) is 0 Å². The molecule has 3 unspecified atom stereocenters. The Morgan fingerprint density at radius 1 is 1.40 bits per heavy atom. The Kier molecular flexibility index (Phi) is 5.62. The molecule has 1 heterocycles. The molecule has 3 atom stereocenters. The molecule has 90 valence electrons. The van der Waals surface area contributed by atoms with Crippen LogP contribution in [0.25, 0.3) is 0 Å². The summed E-state index contributed by atoms with van der Waals surface area (Å²) >= 11 is 0. The monoisotopic (exact) mass is 212 g/mol. The molecule has 1 saturated heterocycles. The van der Waals surface area contributed by atoms with Gasteiger partial charge in [-0.1, -0.05) is 33.6 Å². The van der Waals surface area contributed by atoms with Crippen molar-refractivity contribution in [1.29, 1.82) is 0 Å². The van der Waals surface area contributed by atoms with Crippen molar-refractivity contribution in [3.8, 4) is 0 Å². The molecule has 1 aliphatic heterocycles. The van der Waals surface area contributed by atoms with Gasteiger partial charge in [-0.15, -0.1) is 0 Å². The first-order valence-electron chi connectivity index (χ1n) is 6.66. The summed E-state index contributed by atoms with van der Waals surface area (Å²) in [5.41, 5.74) is 0. The summed E-state index contributed by atoms with van der Waals surface area (Å²) in [6.45, 7) is 13.0. The van der Waals surface area contributed by atoms with Crippen molar-refractivity contribution in [3.63, 3.8) is 0 Å². The summed E-state index contributed by atoms with van der Waals surface area (Å²) in [5.74, 6) is 0.821. The summed E-state index contributed by atoms with van der Waals surface area (Å²) in [5, 5.41) is 3.61. The van der Waals surface area contributed by atoms with Gasteiger partial charge in [0.2, 0.25) is 0 Å². The molecule has 2 nitrogen and oxygen atoms in total. The maximum Gasteiger partial charge on any atom is 0.0246 e. The second-order valence-corrected chi connectivity index (χ2v) is 5.11. The molecule has 2 heteroatoms. The highest BCUT2D eigenvalue weighted by atomic mass is 15.2.